The molecule has 9 heteroatoms. The standard InChI is InChI=1S/C15H19F3N4O2/c1-3-24-7-6-14(23,15(16,17)18)10-19-9-11-4-5-13-12(8-11)20-21-22(13)2/h4-8,19,23H,3,9-10H2,1-2H3. The summed E-state index contributed by atoms with van der Waals surface area (Å²) in [6.45, 7) is 1.31. The van der Waals surface area contributed by atoms with Crippen LogP contribution in [0.1, 0.15) is 12.5 Å². The topological polar surface area (TPSA) is 72.2 Å². The Kier molecular flexibility index (Phi) is 5.45. The highest BCUT2D eigenvalue weighted by atomic mass is 19.4. The summed E-state index contributed by atoms with van der Waals surface area (Å²) in [6.07, 6.45) is -3.35. The lowest BCUT2D eigenvalue weighted by Crippen LogP contribution is -2.51. The number of aliphatic hydroxyl groups is 1. The Hall–Kier alpha value is -2.13. The van der Waals surface area contributed by atoms with Gasteiger partial charge in [-0.25, -0.2) is 4.68 Å². The molecule has 1 aromatic heterocycles. The van der Waals surface area contributed by atoms with Gasteiger partial charge in [-0.05, 0) is 30.7 Å². The molecular formula is C15H19F3N4O2. The summed E-state index contributed by atoms with van der Waals surface area (Å²) < 4.78 is 45.5. The van der Waals surface area contributed by atoms with Gasteiger partial charge in [-0.3, -0.25) is 0 Å². The van der Waals surface area contributed by atoms with Gasteiger partial charge in [0, 0.05) is 20.1 Å². The van der Waals surface area contributed by atoms with Crippen LogP contribution in [0.25, 0.3) is 11.0 Å². The second kappa shape index (κ2) is 7.18. The first-order valence-corrected chi connectivity index (χ1v) is 7.34. The minimum Gasteiger partial charge on any atom is -0.502 e. The lowest BCUT2D eigenvalue weighted by molar-refractivity contribution is -0.238. The molecule has 2 aromatic rings. The van der Waals surface area contributed by atoms with E-state index in [2.05, 4.69) is 15.6 Å². The number of halogens is 3. The molecule has 1 unspecified atom stereocenters. The average molecular weight is 344 g/mol. The van der Waals surface area contributed by atoms with E-state index < -0.39 is 18.3 Å². The number of aryl methyl sites for hydroxylation is 1. The Morgan fingerprint density at radius 3 is 2.79 bits per heavy atom. The van der Waals surface area contributed by atoms with Crippen molar-refractivity contribution in [2.45, 2.75) is 25.2 Å². The van der Waals surface area contributed by atoms with Crippen molar-refractivity contribution < 1.29 is 23.0 Å². The van der Waals surface area contributed by atoms with Crippen molar-refractivity contribution in [1.29, 1.82) is 0 Å². The number of nitrogens with one attached hydrogen (secondary N) is 1. The van der Waals surface area contributed by atoms with Crippen molar-refractivity contribution in [3.8, 4) is 0 Å². The first-order chi connectivity index (χ1) is 11.3. The second-order valence-electron chi connectivity index (χ2n) is 5.32. The number of fused-ring (bicyclic) bond motifs is 1. The molecule has 24 heavy (non-hydrogen) atoms. The van der Waals surface area contributed by atoms with E-state index in [9.17, 15) is 18.3 Å². The first kappa shape index (κ1) is 18.2. The fraction of sp³-hybridized carbons (Fsp3) is 0.467. The summed E-state index contributed by atoms with van der Waals surface area (Å²) in [5.41, 5.74) is -0.788. The minimum absolute atomic E-state index is 0.146. The molecule has 0 aliphatic rings. The van der Waals surface area contributed by atoms with Crippen LogP contribution in [-0.4, -0.2) is 45.0 Å². The zero-order chi connectivity index (χ0) is 17.8. The first-order valence-electron chi connectivity index (χ1n) is 7.34. The van der Waals surface area contributed by atoms with Crippen LogP contribution in [-0.2, 0) is 18.3 Å². The van der Waals surface area contributed by atoms with Gasteiger partial charge in [0.2, 0.25) is 0 Å². The van der Waals surface area contributed by atoms with Crippen LogP contribution < -0.4 is 5.32 Å². The van der Waals surface area contributed by atoms with Crippen molar-refractivity contribution in [3.63, 3.8) is 0 Å². The third-order valence-electron chi connectivity index (χ3n) is 3.50. The van der Waals surface area contributed by atoms with E-state index in [1.807, 2.05) is 0 Å². The highest BCUT2D eigenvalue weighted by Gasteiger charge is 2.51. The summed E-state index contributed by atoms with van der Waals surface area (Å²) in [7, 11) is 1.75. The van der Waals surface area contributed by atoms with Gasteiger partial charge in [-0.2, -0.15) is 13.2 Å². The number of benzene rings is 1. The molecule has 1 atom stereocenters. The molecule has 2 rings (SSSR count). The predicted octanol–water partition coefficient (Wildman–Crippen LogP) is 1.90. The monoisotopic (exact) mass is 344 g/mol. The Morgan fingerprint density at radius 2 is 2.12 bits per heavy atom. The summed E-state index contributed by atoms with van der Waals surface area (Å²) in [6, 6.07) is 5.29. The third kappa shape index (κ3) is 4.04. The number of ether oxygens (including phenoxy) is 1. The van der Waals surface area contributed by atoms with E-state index in [-0.39, 0.29) is 13.2 Å². The van der Waals surface area contributed by atoms with Crippen molar-refractivity contribution >= 4 is 11.0 Å². The Bertz CT molecular complexity index is 714. The SMILES string of the molecule is CCOC=CC(O)(CNCc1ccc2c(c1)nnn2C)C(F)(F)F. The van der Waals surface area contributed by atoms with Gasteiger partial charge in [0.1, 0.15) is 5.52 Å². The molecular weight excluding hydrogens is 325 g/mol. The summed E-state index contributed by atoms with van der Waals surface area (Å²) >= 11 is 0. The summed E-state index contributed by atoms with van der Waals surface area (Å²) in [5.74, 6) is 0. The predicted molar refractivity (Wildman–Crippen MR) is 82.0 cm³/mol. The largest absolute Gasteiger partial charge is 0.502 e. The van der Waals surface area contributed by atoms with Crippen LogP contribution in [0, 0.1) is 0 Å². The van der Waals surface area contributed by atoms with Crippen molar-refractivity contribution in [2.24, 2.45) is 7.05 Å². The molecule has 0 radical (unpaired) electrons. The maximum atomic E-state index is 13.1. The number of aromatic nitrogens is 3. The third-order valence-corrected chi connectivity index (χ3v) is 3.50. The van der Waals surface area contributed by atoms with E-state index in [4.69, 9.17) is 4.74 Å². The molecule has 0 spiro atoms. The molecule has 132 valence electrons. The average Bonchev–Trinajstić information content (AvgIpc) is 2.87. The fourth-order valence-electron chi connectivity index (χ4n) is 2.10. The van der Waals surface area contributed by atoms with Crippen molar-refractivity contribution in [3.05, 3.63) is 36.1 Å². The van der Waals surface area contributed by atoms with Crippen molar-refractivity contribution in [1.82, 2.24) is 20.3 Å². The van der Waals surface area contributed by atoms with Crippen LogP contribution in [0.4, 0.5) is 13.2 Å². The normalized spacial score (nSPS) is 15.1. The summed E-state index contributed by atoms with van der Waals surface area (Å²) in [5, 5.41) is 20.3. The number of rotatable bonds is 7. The van der Waals surface area contributed by atoms with Gasteiger partial charge >= 0.3 is 6.18 Å². The fourth-order valence-corrected chi connectivity index (χ4v) is 2.10. The van der Waals surface area contributed by atoms with E-state index in [0.717, 1.165) is 17.3 Å². The maximum Gasteiger partial charge on any atom is 0.422 e. The van der Waals surface area contributed by atoms with Crippen LogP contribution in [0.3, 0.4) is 0 Å². The zero-order valence-electron chi connectivity index (χ0n) is 13.3. The molecule has 0 bridgehead atoms. The smallest absolute Gasteiger partial charge is 0.422 e. The zero-order valence-corrected chi connectivity index (χ0v) is 13.3. The molecule has 0 saturated carbocycles. The Labute approximate surface area is 136 Å². The minimum atomic E-state index is -4.82. The van der Waals surface area contributed by atoms with Crippen molar-refractivity contribution in [2.75, 3.05) is 13.2 Å². The molecule has 1 heterocycles. The van der Waals surface area contributed by atoms with E-state index in [0.29, 0.717) is 11.6 Å². The van der Waals surface area contributed by atoms with Crippen LogP contribution >= 0.6 is 0 Å². The Morgan fingerprint density at radius 1 is 1.38 bits per heavy atom. The number of hydrogen-bond donors (Lipinski definition) is 2. The van der Waals surface area contributed by atoms with Gasteiger partial charge in [-0.15, -0.1) is 5.10 Å². The van der Waals surface area contributed by atoms with Gasteiger partial charge in [0.05, 0.1) is 18.4 Å². The van der Waals surface area contributed by atoms with Gasteiger partial charge in [0.15, 0.2) is 5.60 Å². The number of hydrogen-bond acceptors (Lipinski definition) is 5. The van der Waals surface area contributed by atoms with Crippen LogP contribution in [0.2, 0.25) is 0 Å². The molecule has 6 nitrogen and oxygen atoms in total. The van der Waals surface area contributed by atoms with Gasteiger partial charge in [-0.1, -0.05) is 11.3 Å². The molecule has 0 aliphatic carbocycles. The molecule has 0 saturated heterocycles. The molecule has 0 fully saturated rings. The second-order valence-corrected chi connectivity index (χ2v) is 5.32. The summed E-state index contributed by atoms with van der Waals surface area (Å²) in [4.78, 5) is 0. The quantitative estimate of drug-likeness (QED) is 0.751. The molecule has 0 aliphatic heterocycles. The van der Waals surface area contributed by atoms with Crippen LogP contribution in [0.5, 0.6) is 0 Å². The van der Waals surface area contributed by atoms with Crippen LogP contribution in [0.15, 0.2) is 30.5 Å². The van der Waals surface area contributed by atoms with Gasteiger partial charge in [0.25, 0.3) is 0 Å². The lowest BCUT2D eigenvalue weighted by atomic mass is 10.0. The molecule has 1 aromatic carbocycles. The molecule has 0 amide bonds. The molecule has 2 N–H and O–H groups in total. The number of nitrogens with zero attached hydrogens (tertiary/aromatic N) is 3. The number of alkyl halides is 3. The Balaban J connectivity index is 2.03. The maximum absolute atomic E-state index is 13.1. The lowest BCUT2D eigenvalue weighted by Gasteiger charge is -2.27. The van der Waals surface area contributed by atoms with Gasteiger partial charge < -0.3 is 15.2 Å². The van der Waals surface area contributed by atoms with E-state index >= 15 is 0 Å². The highest BCUT2D eigenvalue weighted by molar-refractivity contribution is 5.74. The van der Waals surface area contributed by atoms with E-state index in [1.54, 1.807) is 36.9 Å². The highest BCUT2D eigenvalue weighted by Crippen LogP contribution is 2.31. The van der Waals surface area contributed by atoms with E-state index in [1.165, 1.54) is 0 Å².